The lowest BCUT2D eigenvalue weighted by atomic mass is 10.3. The van der Waals surface area contributed by atoms with Crippen LogP contribution in [0.5, 0.6) is 17.2 Å². The van der Waals surface area contributed by atoms with Crippen molar-refractivity contribution in [3.8, 4) is 17.2 Å². The monoisotopic (exact) mass is 281 g/mol. The lowest BCUT2D eigenvalue weighted by Gasteiger charge is -2.07. The van der Waals surface area contributed by atoms with Crippen molar-refractivity contribution in [3.63, 3.8) is 0 Å². The fraction of sp³-hybridized carbons (Fsp3) is 0.118. The first-order valence-electron chi connectivity index (χ1n) is 6.66. The van der Waals surface area contributed by atoms with E-state index in [2.05, 4.69) is 4.98 Å². The minimum absolute atomic E-state index is 0.385. The topological polar surface area (TPSA) is 44.5 Å². The largest absolute Gasteiger partial charge is 0.487 e. The molecule has 3 aromatic rings. The number of nitrogens with zero attached hydrogens (tertiary/aromatic N) is 1. The Labute approximate surface area is 123 Å². The van der Waals surface area contributed by atoms with E-state index in [0.717, 1.165) is 22.9 Å². The number of hydrogen-bond acceptors (Lipinski definition) is 4. The van der Waals surface area contributed by atoms with Crippen LogP contribution in [0.2, 0.25) is 0 Å². The van der Waals surface area contributed by atoms with Crippen LogP contribution in [0.1, 0.15) is 11.6 Å². The van der Waals surface area contributed by atoms with E-state index in [1.54, 1.807) is 13.2 Å². The van der Waals surface area contributed by atoms with E-state index in [1.807, 2.05) is 54.6 Å². The molecule has 1 aromatic heterocycles. The molecule has 0 aliphatic heterocycles. The molecule has 0 saturated carbocycles. The van der Waals surface area contributed by atoms with Gasteiger partial charge in [-0.1, -0.05) is 18.2 Å². The van der Waals surface area contributed by atoms with Gasteiger partial charge in [-0.2, -0.15) is 0 Å². The molecule has 4 heteroatoms. The Morgan fingerprint density at radius 3 is 2.24 bits per heavy atom. The molecule has 21 heavy (non-hydrogen) atoms. The standard InChI is InChI=1S/C17H15NO3/c1-13-18-14(11-19-13)12-20-15-7-9-17(10-8-15)21-16-5-3-2-4-6-16/h2-11H,12H2,1H3. The summed E-state index contributed by atoms with van der Waals surface area (Å²) in [6.45, 7) is 2.19. The number of rotatable bonds is 5. The van der Waals surface area contributed by atoms with E-state index in [-0.39, 0.29) is 0 Å². The van der Waals surface area contributed by atoms with Gasteiger partial charge in [0.1, 0.15) is 35.8 Å². The first-order chi connectivity index (χ1) is 10.3. The number of oxazole rings is 1. The Morgan fingerprint density at radius 2 is 1.57 bits per heavy atom. The van der Waals surface area contributed by atoms with Crippen molar-refractivity contribution in [3.05, 3.63) is 72.4 Å². The molecule has 1 heterocycles. The van der Waals surface area contributed by atoms with Crippen LogP contribution >= 0.6 is 0 Å². The third-order valence-corrected chi connectivity index (χ3v) is 2.86. The van der Waals surface area contributed by atoms with Crippen LogP contribution < -0.4 is 9.47 Å². The van der Waals surface area contributed by atoms with Crippen molar-refractivity contribution in [2.24, 2.45) is 0 Å². The smallest absolute Gasteiger partial charge is 0.191 e. The second-order valence-corrected chi connectivity index (χ2v) is 4.53. The van der Waals surface area contributed by atoms with Gasteiger partial charge < -0.3 is 13.9 Å². The molecule has 0 aliphatic rings. The van der Waals surface area contributed by atoms with Gasteiger partial charge in [-0.15, -0.1) is 0 Å². The minimum Gasteiger partial charge on any atom is -0.487 e. The molecule has 0 amide bonds. The first kappa shape index (κ1) is 13.2. The Morgan fingerprint density at radius 1 is 0.905 bits per heavy atom. The minimum atomic E-state index is 0.385. The number of ether oxygens (including phenoxy) is 2. The summed E-state index contributed by atoms with van der Waals surface area (Å²) < 4.78 is 16.5. The van der Waals surface area contributed by atoms with Crippen molar-refractivity contribution in [2.75, 3.05) is 0 Å². The average molecular weight is 281 g/mol. The maximum absolute atomic E-state index is 5.72. The Balaban J connectivity index is 1.59. The maximum Gasteiger partial charge on any atom is 0.191 e. The molecule has 0 spiro atoms. The van der Waals surface area contributed by atoms with E-state index >= 15 is 0 Å². The summed E-state index contributed by atoms with van der Waals surface area (Å²) in [5.41, 5.74) is 0.775. The predicted molar refractivity (Wildman–Crippen MR) is 78.5 cm³/mol. The van der Waals surface area contributed by atoms with Gasteiger partial charge in [0, 0.05) is 6.92 Å². The SMILES string of the molecule is Cc1nc(COc2ccc(Oc3ccccc3)cc2)co1. The molecule has 0 bridgehead atoms. The number of aryl methyl sites for hydroxylation is 1. The second-order valence-electron chi connectivity index (χ2n) is 4.53. The molecular formula is C17H15NO3. The zero-order valence-electron chi connectivity index (χ0n) is 11.7. The Kier molecular flexibility index (Phi) is 3.87. The number of hydrogen-bond donors (Lipinski definition) is 0. The summed E-state index contributed by atoms with van der Waals surface area (Å²) in [5.74, 6) is 2.98. The Bertz CT molecular complexity index is 690. The zero-order valence-corrected chi connectivity index (χ0v) is 11.7. The van der Waals surface area contributed by atoms with Crippen molar-refractivity contribution in [1.82, 2.24) is 4.98 Å². The molecule has 106 valence electrons. The summed E-state index contributed by atoms with van der Waals surface area (Å²) in [6.07, 6.45) is 1.60. The van der Waals surface area contributed by atoms with Crippen molar-refractivity contribution in [2.45, 2.75) is 13.5 Å². The molecule has 0 fully saturated rings. The highest BCUT2D eigenvalue weighted by Crippen LogP contribution is 2.23. The van der Waals surface area contributed by atoms with Crippen LogP contribution in [0.25, 0.3) is 0 Å². The summed E-state index contributed by atoms with van der Waals surface area (Å²) in [7, 11) is 0. The van der Waals surface area contributed by atoms with E-state index in [9.17, 15) is 0 Å². The number of para-hydroxylation sites is 1. The molecule has 0 N–H and O–H groups in total. The van der Waals surface area contributed by atoms with Gasteiger partial charge in [-0.25, -0.2) is 4.98 Å². The lowest BCUT2D eigenvalue weighted by Crippen LogP contribution is -1.95. The molecular weight excluding hydrogens is 266 g/mol. The molecule has 0 atom stereocenters. The highest BCUT2D eigenvalue weighted by atomic mass is 16.5. The van der Waals surface area contributed by atoms with Gasteiger partial charge in [0.05, 0.1) is 0 Å². The zero-order chi connectivity index (χ0) is 14.5. The summed E-state index contributed by atoms with van der Waals surface area (Å²) >= 11 is 0. The van der Waals surface area contributed by atoms with Crippen LogP contribution in [-0.4, -0.2) is 4.98 Å². The average Bonchev–Trinajstić information content (AvgIpc) is 2.93. The van der Waals surface area contributed by atoms with Crippen LogP contribution in [0, 0.1) is 6.92 Å². The summed E-state index contributed by atoms with van der Waals surface area (Å²) in [4.78, 5) is 4.18. The van der Waals surface area contributed by atoms with E-state index in [4.69, 9.17) is 13.9 Å². The summed E-state index contributed by atoms with van der Waals surface area (Å²) in [6, 6.07) is 17.1. The molecule has 0 aliphatic carbocycles. The highest BCUT2D eigenvalue weighted by Gasteiger charge is 2.02. The van der Waals surface area contributed by atoms with E-state index < -0.39 is 0 Å². The predicted octanol–water partition coefficient (Wildman–Crippen LogP) is 4.35. The number of aromatic nitrogens is 1. The molecule has 4 nitrogen and oxygen atoms in total. The normalized spacial score (nSPS) is 10.3. The van der Waals surface area contributed by atoms with Crippen LogP contribution in [0.4, 0.5) is 0 Å². The quantitative estimate of drug-likeness (QED) is 0.697. The van der Waals surface area contributed by atoms with E-state index in [1.165, 1.54) is 0 Å². The van der Waals surface area contributed by atoms with Crippen molar-refractivity contribution in [1.29, 1.82) is 0 Å². The third kappa shape index (κ3) is 3.63. The second kappa shape index (κ2) is 6.13. The molecule has 0 radical (unpaired) electrons. The van der Waals surface area contributed by atoms with Crippen molar-refractivity contribution < 1.29 is 13.9 Å². The van der Waals surface area contributed by atoms with E-state index in [0.29, 0.717) is 12.5 Å². The van der Waals surface area contributed by atoms with Crippen LogP contribution in [0.15, 0.2) is 65.3 Å². The summed E-state index contributed by atoms with van der Waals surface area (Å²) in [5, 5.41) is 0. The van der Waals surface area contributed by atoms with Crippen LogP contribution in [0.3, 0.4) is 0 Å². The van der Waals surface area contributed by atoms with Crippen LogP contribution in [-0.2, 0) is 6.61 Å². The molecule has 3 rings (SSSR count). The number of benzene rings is 2. The third-order valence-electron chi connectivity index (χ3n) is 2.86. The van der Waals surface area contributed by atoms with Gasteiger partial charge in [0.25, 0.3) is 0 Å². The fourth-order valence-corrected chi connectivity index (χ4v) is 1.86. The van der Waals surface area contributed by atoms with Gasteiger partial charge in [0.2, 0.25) is 0 Å². The first-order valence-corrected chi connectivity index (χ1v) is 6.66. The fourth-order valence-electron chi connectivity index (χ4n) is 1.86. The molecule has 0 saturated heterocycles. The molecule has 2 aromatic carbocycles. The van der Waals surface area contributed by atoms with Gasteiger partial charge in [0.15, 0.2) is 5.89 Å². The lowest BCUT2D eigenvalue weighted by molar-refractivity contribution is 0.300. The van der Waals surface area contributed by atoms with Gasteiger partial charge >= 0.3 is 0 Å². The Hall–Kier alpha value is -2.75. The highest BCUT2D eigenvalue weighted by molar-refractivity contribution is 5.35. The molecule has 0 unspecified atom stereocenters. The van der Waals surface area contributed by atoms with Gasteiger partial charge in [-0.3, -0.25) is 0 Å². The van der Waals surface area contributed by atoms with Gasteiger partial charge in [-0.05, 0) is 36.4 Å². The maximum atomic E-state index is 5.72. The van der Waals surface area contributed by atoms with Crippen molar-refractivity contribution >= 4 is 0 Å².